The highest BCUT2D eigenvalue weighted by molar-refractivity contribution is 6.30. The number of carbonyl (C=O) groups is 1. The summed E-state index contributed by atoms with van der Waals surface area (Å²) in [4.78, 5) is 16.1. The lowest BCUT2D eigenvalue weighted by Gasteiger charge is -2.08. The molecule has 0 radical (unpaired) electrons. The summed E-state index contributed by atoms with van der Waals surface area (Å²) >= 11 is 5.81. The van der Waals surface area contributed by atoms with Crippen molar-refractivity contribution in [2.24, 2.45) is 0 Å². The molecule has 3 aromatic rings. The summed E-state index contributed by atoms with van der Waals surface area (Å²) in [6.07, 6.45) is 5.18. The number of aromatic nitrogens is 3. The minimum atomic E-state index is -0.287. The highest BCUT2D eigenvalue weighted by atomic mass is 35.5. The van der Waals surface area contributed by atoms with Crippen LogP contribution >= 0.6 is 11.6 Å². The molecule has 2 N–H and O–H groups in total. The van der Waals surface area contributed by atoms with E-state index in [-0.39, 0.29) is 6.03 Å². The fourth-order valence-corrected chi connectivity index (χ4v) is 2.12. The Bertz CT molecular complexity index is 786. The third-order valence-corrected chi connectivity index (χ3v) is 3.36. The van der Waals surface area contributed by atoms with Gasteiger partial charge in [-0.3, -0.25) is 0 Å². The molecule has 2 amide bonds. The third-order valence-electron chi connectivity index (χ3n) is 3.10. The predicted octanol–water partition coefficient (Wildman–Crippen LogP) is 3.24. The van der Waals surface area contributed by atoms with Crippen LogP contribution in [0.4, 0.5) is 10.5 Å². The molecule has 0 unspecified atom stereocenters. The molecule has 0 aliphatic heterocycles. The van der Waals surface area contributed by atoms with E-state index in [0.29, 0.717) is 23.1 Å². The van der Waals surface area contributed by atoms with Gasteiger partial charge in [-0.2, -0.15) is 5.10 Å². The van der Waals surface area contributed by atoms with E-state index in [1.54, 1.807) is 41.3 Å². The molecule has 6 nitrogen and oxygen atoms in total. The summed E-state index contributed by atoms with van der Waals surface area (Å²) in [6, 6.07) is 12.2. The average Bonchev–Trinajstić information content (AvgIpc) is 3.10. The maximum atomic E-state index is 11.9. The first-order chi connectivity index (χ1) is 11.2. The Hall–Kier alpha value is -2.86. The van der Waals surface area contributed by atoms with Gasteiger partial charge in [0.15, 0.2) is 5.82 Å². The summed E-state index contributed by atoms with van der Waals surface area (Å²) < 4.78 is 1.66. The maximum absolute atomic E-state index is 11.9. The summed E-state index contributed by atoms with van der Waals surface area (Å²) in [5.74, 6) is 0.701. The second-order valence-electron chi connectivity index (χ2n) is 4.79. The normalized spacial score (nSPS) is 10.3. The van der Waals surface area contributed by atoms with Gasteiger partial charge in [0.1, 0.15) is 0 Å². The first-order valence-electron chi connectivity index (χ1n) is 6.96. The van der Waals surface area contributed by atoms with Gasteiger partial charge in [0.2, 0.25) is 0 Å². The molecule has 23 heavy (non-hydrogen) atoms. The van der Waals surface area contributed by atoms with Gasteiger partial charge in [0, 0.05) is 35.8 Å². The third kappa shape index (κ3) is 4.08. The minimum absolute atomic E-state index is 0.287. The molecule has 0 aliphatic rings. The Labute approximate surface area is 138 Å². The van der Waals surface area contributed by atoms with Crippen molar-refractivity contribution in [2.75, 3.05) is 5.32 Å². The van der Waals surface area contributed by atoms with Crippen molar-refractivity contribution >= 4 is 23.3 Å². The van der Waals surface area contributed by atoms with Gasteiger partial charge in [-0.25, -0.2) is 14.5 Å². The Morgan fingerprint density at radius 1 is 1.17 bits per heavy atom. The highest BCUT2D eigenvalue weighted by Gasteiger charge is 2.04. The first-order valence-corrected chi connectivity index (χ1v) is 7.34. The summed E-state index contributed by atoms with van der Waals surface area (Å²) in [5, 5.41) is 10.3. The number of halogens is 1. The molecular formula is C16H14ClN5O. The van der Waals surface area contributed by atoms with E-state index in [0.717, 1.165) is 5.56 Å². The number of urea groups is 1. The zero-order valence-corrected chi connectivity index (χ0v) is 12.9. The Morgan fingerprint density at radius 2 is 2.00 bits per heavy atom. The van der Waals surface area contributed by atoms with Crippen molar-refractivity contribution in [1.29, 1.82) is 0 Å². The number of nitrogens with zero attached hydrogens (tertiary/aromatic N) is 3. The number of nitrogens with one attached hydrogen (secondary N) is 2. The lowest BCUT2D eigenvalue weighted by atomic mass is 10.2. The van der Waals surface area contributed by atoms with Crippen LogP contribution in [0.2, 0.25) is 5.02 Å². The largest absolute Gasteiger partial charge is 0.334 e. The molecule has 0 atom stereocenters. The van der Waals surface area contributed by atoms with Gasteiger partial charge in [0.25, 0.3) is 0 Å². The summed E-state index contributed by atoms with van der Waals surface area (Å²) in [6.45, 7) is 0.385. The maximum Gasteiger partial charge on any atom is 0.319 e. The lowest BCUT2D eigenvalue weighted by Crippen LogP contribution is -2.28. The number of hydrogen-bond donors (Lipinski definition) is 2. The van der Waals surface area contributed by atoms with Crippen molar-refractivity contribution < 1.29 is 4.79 Å². The molecular weight excluding hydrogens is 314 g/mol. The van der Waals surface area contributed by atoms with Gasteiger partial charge >= 0.3 is 6.03 Å². The standard InChI is InChI=1S/C16H14ClN5O/c17-13-2-4-14(5-3-13)21-16(23)19-11-12-6-8-18-15(10-12)22-9-1-7-20-22/h1-10H,11H2,(H2,19,21,23). The number of hydrogen-bond acceptors (Lipinski definition) is 3. The fourth-order valence-electron chi connectivity index (χ4n) is 1.99. The Balaban J connectivity index is 1.58. The van der Waals surface area contributed by atoms with Crippen molar-refractivity contribution in [3.63, 3.8) is 0 Å². The highest BCUT2D eigenvalue weighted by Crippen LogP contribution is 2.13. The van der Waals surface area contributed by atoms with Gasteiger partial charge in [-0.05, 0) is 48.0 Å². The minimum Gasteiger partial charge on any atom is -0.334 e. The molecule has 3 rings (SSSR count). The number of benzene rings is 1. The van der Waals surface area contributed by atoms with E-state index in [1.165, 1.54) is 0 Å². The number of anilines is 1. The van der Waals surface area contributed by atoms with E-state index >= 15 is 0 Å². The smallest absolute Gasteiger partial charge is 0.319 e. The Morgan fingerprint density at radius 3 is 2.74 bits per heavy atom. The van der Waals surface area contributed by atoms with Crippen LogP contribution < -0.4 is 10.6 Å². The van der Waals surface area contributed by atoms with E-state index in [1.807, 2.05) is 24.4 Å². The molecule has 1 aromatic carbocycles. The molecule has 2 aromatic heterocycles. The zero-order valence-electron chi connectivity index (χ0n) is 12.1. The molecule has 0 aliphatic carbocycles. The van der Waals surface area contributed by atoms with E-state index in [9.17, 15) is 4.79 Å². The quantitative estimate of drug-likeness (QED) is 0.772. The molecule has 7 heteroatoms. The summed E-state index contributed by atoms with van der Waals surface area (Å²) in [7, 11) is 0. The van der Waals surface area contributed by atoms with E-state index in [2.05, 4.69) is 20.7 Å². The van der Waals surface area contributed by atoms with Crippen LogP contribution in [-0.4, -0.2) is 20.8 Å². The Kier molecular flexibility index (Phi) is 4.54. The topological polar surface area (TPSA) is 71.8 Å². The van der Waals surface area contributed by atoms with E-state index < -0.39 is 0 Å². The molecule has 2 heterocycles. The molecule has 0 fully saturated rings. The average molecular weight is 328 g/mol. The van der Waals surface area contributed by atoms with Crippen molar-refractivity contribution in [1.82, 2.24) is 20.1 Å². The van der Waals surface area contributed by atoms with Crippen LogP contribution in [0.5, 0.6) is 0 Å². The lowest BCUT2D eigenvalue weighted by molar-refractivity contribution is 0.251. The van der Waals surface area contributed by atoms with E-state index in [4.69, 9.17) is 11.6 Å². The van der Waals surface area contributed by atoms with Gasteiger partial charge < -0.3 is 10.6 Å². The second-order valence-corrected chi connectivity index (χ2v) is 5.22. The van der Waals surface area contributed by atoms with Crippen LogP contribution in [0.15, 0.2) is 61.1 Å². The zero-order chi connectivity index (χ0) is 16.1. The van der Waals surface area contributed by atoms with Gasteiger partial charge in [-0.1, -0.05) is 11.6 Å². The number of rotatable bonds is 4. The molecule has 0 saturated carbocycles. The summed E-state index contributed by atoms with van der Waals surface area (Å²) in [5.41, 5.74) is 1.61. The van der Waals surface area contributed by atoms with Gasteiger partial charge in [-0.15, -0.1) is 0 Å². The van der Waals surface area contributed by atoms with Crippen molar-refractivity contribution in [2.45, 2.75) is 6.54 Å². The van der Waals surface area contributed by atoms with Crippen LogP contribution in [0, 0.1) is 0 Å². The molecule has 0 saturated heterocycles. The van der Waals surface area contributed by atoms with Crippen LogP contribution in [0.25, 0.3) is 5.82 Å². The second kappa shape index (κ2) is 6.93. The van der Waals surface area contributed by atoms with Crippen LogP contribution in [-0.2, 0) is 6.54 Å². The number of carbonyl (C=O) groups excluding carboxylic acids is 1. The van der Waals surface area contributed by atoms with Crippen molar-refractivity contribution in [3.8, 4) is 5.82 Å². The monoisotopic (exact) mass is 327 g/mol. The number of amides is 2. The fraction of sp³-hybridized carbons (Fsp3) is 0.0625. The molecule has 0 spiro atoms. The first kappa shape index (κ1) is 15.1. The SMILES string of the molecule is O=C(NCc1ccnc(-n2cccn2)c1)Nc1ccc(Cl)cc1. The molecule has 116 valence electrons. The molecule has 0 bridgehead atoms. The number of pyridine rings is 1. The predicted molar refractivity (Wildman–Crippen MR) is 88.7 cm³/mol. The van der Waals surface area contributed by atoms with Crippen LogP contribution in [0.3, 0.4) is 0 Å². The van der Waals surface area contributed by atoms with Gasteiger partial charge in [0.05, 0.1) is 0 Å². The van der Waals surface area contributed by atoms with Crippen LogP contribution in [0.1, 0.15) is 5.56 Å². The van der Waals surface area contributed by atoms with Crippen molar-refractivity contribution in [3.05, 3.63) is 71.6 Å².